The Labute approximate surface area is 188 Å². The van der Waals surface area contributed by atoms with Gasteiger partial charge >= 0.3 is 0 Å². The molecular formula is C22H28ClN3O5. The van der Waals surface area contributed by atoms with Crippen LogP contribution in [0.5, 0.6) is 23.0 Å². The Kier molecular flexibility index (Phi) is 8.13. The largest absolute Gasteiger partial charge is 0.493 e. The Morgan fingerprint density at radius 1 is 1.03 bits per heavy atom. The maximum Gasteiger partial charge on any atom is 0.254 e. The predicted molar refractivity (Wildman–Crippen MR) is 119 cm³/mol. The van der Waals surface area contributed by atoms with Crippen LogP contribution >= 0.6 is 12.4 Å². The van der Waals surface area contributed by atoms with Crippen LogP contribution in [0.3, 0.4) is 0 Å². The second-order valence-electron chi connectivity index (χ2n) is 7.09. The van der Waals surface area contributed by atoms with Crippen molar-refractivity contribution in [1.82, 2.24) is 9.80 Å². The van der Waals surface area contributed by atoms with E-state index in [1.54, 1.807) is 55.1 Å². The third-order valence-electron chi connectivity index (χ3n) is 5.23. The van der Waals surface area contributed by atoms with Crippen LogP contribution in [0.25, 0.3) is 0 Å². The molecule has 2 N–H and O–H groups in total. The van der Waals surface area contributed by atoms with Gasteiger partial charge in [-0.15, -0.1) is 12.4 Å². The molecule has 1 heterocycles. The van der Waals surface area contributed by atoms with E-state index in [1.807, 2.05) is 12.1 Å². The molecule has 1 atom stereocenters. The van der Waals surface area contributed by atoms with E-state index in [2.05, 4.69) is 0 Å². The zero-order valence-electron chi connectivity index (χ0n) is 18.1. The van der Waals surface area contributed by atoms with Gasteiger partial charge in [0, 0.05) is 32.2 Å². The van der Waals surface area contributed by atoms with Gasteiger partial charge in [-0.1, -0.05) is 6.07 Å². The maximum absolute atomic E-state index is 13.0. The number of halogens is 1. The number of amides is 2. The van der Waals surface area contributed by atoms with Crippen LogP contribution in [0.15, 0.2) is 36.4 Å². The summed E-state index contributed by atoms with van der Waals surface area (Å²) in [7, 11) is 4.80. The number of hydrogen-bond acceptors (Lipinski definition) is 6. The third kappa shape index (κ3) is 5.03. The number of ether oxygens (including phenoxy) is 3. The van der Waals surface area contributed by atoms with E-state index in [4.69, 9.17) is 19.9 Å². The number of methoxy groups -OCH3 is 2. The molecule has 9 heteroatoms. The van der Waals surface area contributed by atoms with Crippen LogP contribution in [0.4, 0.5) is 0 Å². The summed E-state index contributed by atoms with van der Waals surface area (Å²) in [6.07, 6.45) is 0. The Hall–Kier alpha value is -2.97. The topological polar surface area (TPSA) is 94.3 Å². The molecule has 0 radical (unpaired) electrons. The fourth-order valence-electron chi connectivity index (χ4n) is 3.38. The summed E-state index contributed by atoms with van der Waals surface area (Å²) >= 11 is 0. The lowest BCUT2D eigenvalue weighted by Gasteiger charge is -2.37. The van der Waals surface area contributed by atoms with Gasteiger partial charge in [0.25, 0.3) is 5.91 Å². The summed E-state index contributed by atoms with van der Waals surface area (Å²) < 4.78 is 16.8. The molecule has 2 aromatic rings. The van der Waals surface area contributed by atoms with E-state index in [-0.39, 0.29) is 24.2 Å². The average Bonchev–Trinajstić information content (AvgIpc) is 2.77. The van der Waals surface area contributed by atoms with Crippen molar-refractivity contribution < 1.29 is 23.8 Å². The van der Waals surface area contributed by atoms with Crippen LogP contribution in [0.2, 0.25) is 0 Å². The number of nitrogens with two attached hydrogens (primary N) is 1. The summed E-state index contributed by atoms with van der Waals surface area (Å²) in [6, 6.07) is 9.88. The molecule has 8 nitrogen and oxygen atoms in total. The molecule has 0 aromatic heterocycles. The summed E-state index contributed by atoms with van der Waals surface area (Å²) in [5.41, 5.74) is 7.02. The van der Waals surface area contributed by atoms with Gasteiger partial charge in [0.05, 0.1) is 14.2 Å². The van der Waals surface area contributed by atoms with Crippen LogP contribution < -0.4 is 19.9 Å². The molecule has 2 amide bonds. The van der Waals surface area contributed by atoms with Gasteiger partial charge in [0.15, 0.2) is 23.0 Å². The van der Waals surface area contributed by atoms with E-state index < -0.39 is 6.04 Å². The van der Waals surface area contributed by atoms with Crippen LogP contribution in [-0.2, 0) is 11.3 Å². The van der Waals surface area contributed by atoms with Crippen molar-refractivity contribution in [3.8, 4) is 23.0 Å². The minimum atomic E-state index is -0.511. The summed E-state index contributed by atoms with van der Waals surface area (Å²) in [4.78, 5) is 28.4. The summed E-state index contributed by atoms with van der Waals surface area (Å²) in [6.45, 7) is 3.12. The molecule has 0 saturated carbocycles. The number of carbonyl (C=O) groups excluding carboxylic acids is 2. The van der Waals surface area contributed by atoms with E-state index in [9.17, 15) is 9.59 Å². The molecular weight excluding hydrogens is 422 g/mol. The second kappa shape index (κ2) is 10.4. The van der Waals surface area contributed by atoms with Gasteiger partial charge in [-0.3, -0.25) is 9.59 Å². The highest BCUT2D eigenvalue weighted by molar-refractivity contribution is 5.98. The number of rotatable bonds is 6. The monoisotopic (exact) mass is 449 g/mol. The van der Waals surface area contributed by atoms with Crippen LogP contribution in [0, 0.1) is 0 Å². The highest BCUT2D eigenvalue weighted by atomic mass is 35.5. The van der Waals surface area contributed by atoms with Gasteiger partial charge in [-0.2, -0.15) is 0 Å². The SMILES string of the molecule is COc1cc(CN)ccc1Oc1ccc(C(=O)N2CCN(C)C(=O)C2C)cc1OC.Cl. The minimum Gasteiger partial charge on any atom is -0.493 e. The summed E-state index contributed by atoms with van der Waals surface area (Å²) in [5, 5.41) is 0. The first-order valence-corrected chi connectivity index (χ1v) is 9.68. The number of nitrogens with zero attached hydrogens (tertiary/aromatic N) is 2. The molecule has 2 aromatic carbocycles. The molecule has 0 spiro atoms. The van der Waals surface area contributed by atoms with Crippen molar-refractivity contribution in [1.29, 1.82) is 0 Å². The van der Waals surface area contributed by atoms with Crippen molar-refractivity contribution in [3.63, 3.8) is 0 Å². The molecule has 0 bridgehead atoms. The normalized spacial score (nSPS) is 15.9. The van der Waals surface area contributed by atoms with E-state index >= 15 is 0 Å². The maximum atomic E-state index is 13.0. The Morgan fingerprint density at radius 3 is 2.26 bits per heavy atom. The minimum absolute atomic E-state index is 0. The van der Waals surface area contributed by atoms with Gasteiger partial charge in [-0.05, 0) is 42.8 Å². The number of benzene rings is 2. The van der Waals surface area contributed by atoms with Crippen molar-refractivity contribution in [2.24, 2.45) is 5.73 Å². The Morgan fingerprint density at radius 2 is 1.65 bits per heavy atom. The predicted octanol–water partition coefficient (Wildman–Crippen LogP) is 2.68. The smallest absolute Gasteiger partial charge is 0.254 e. The molecule has 1 aliphatic heterocycles. The van der Waals surface area contributed by atoms with Crippen LogP contribution in [0.1, 0.15) is 22.8 Å². The summed E-state index contributed by atoms with van der Waals surface area (Å²) in [5.74, 6) is 1.60. The zero-order valence-corrected chi connectivity index (χ0v) is 18.9. The Balaban J connectivity index is 0.00000341. The number of carbonyl (C=O) groups is 2. The first kappa shape index (κ1) is 24.3. The van der Waals surface area contributed by atoms with E-state index in [1.165, 1.54) is 7.11 Å². The molecule has 0 aliphatic carbocycles. The van der Waals surface area contributed by atoms with Crippen LogP contribution in [-0.4, -0.2) is 62.0 Å². The lowest BCUT2D eigenvalue weighted by molar-refractivity contribution is -0.137. The third-order valence-corrected chi connectivity index (χ3v) is 5.23. The van der Waals surface area contributed by atoms with Crippen molar-refractivity contribution in [2.45, 2.75) is 19.5 Å². The van der Waals surface area contributed by atoms with E-state index in [0.29, 0.717) is 48.2 Å². The van der Waals surface area contributed by atoms with Gasteiger partial charge in [0.2, 0.25) is 5.91 Å². The number of piperazine rings is 1. The average molecular weight is 450 g/mol. The quantitative estimate of drug-likeness (QED) is 0.728. The first-order chi connectivity index (χ1) is 14.4. The van der Waals surface area contributed by atoms with Gasteiger partial charge < -0.3 is 29.7 Å². The highest BCUT2D eigenvalue weighted by Crippen LogP contribution is 2.37. The fourth-order valence-corrected chi connectivity index (χ4v) is 3.38. The number of likely N-dealkylation sites (N-methyl/N-ethyl adjacent to an activating group) is 1. The molecule has 1 fully saturated rings. The van der Waals surface area contributed by atoms with Crippen molar-refractivity contribution >= 4 is 24.2 Å². The Bertz CT molecular complexity index is 953. The van der Waals surface area contributed by atoms with Crippen molar-refractivity contribution in [2.75, 3.05) is 34.4 Å². The van der Waals surface area contributed by atoms with Gasteiger partial charge in [0.1, 0.15) is 6.04 Å². The van der Waals surface area contributed by atoms with Crippen molar-refractivity contribution in [3.05, 3.63) is 47.5 Å². The highest BCUT2D eigenvalue weighted by Gasteiger charge is 2.33. The molecule has 1 unspecified atom stereocenters. The standard InChI is InChI=1S/C22H27N3O5.ClH/c1-14-21(26)24(2)9-10-25(14)22(27)16-6-8-18(20(12-16)29-4)30-17-7-5-15(13-23)11-19(17)28-3;/h5-8,11-12,14H,9-10,13,23H2,1-4H3;1H. The fraction of sp³-hybridized carbons (Fsp3) is 0.364. The first-order valence-electron chi connectivity index (χ1n) is 9.68. The molecule has 31 heavy (non-hydrogen) atoms. The molecule has 168 valence electrons. The van der Waals surface area contributed by atoms with Gasteiger partial charge in [-0.25, -0.2) is 0 Å². The molecule has 1 saturated heterocycles. The number of hydrogen-bond donors (Lipinski definition) is 1. The second-order valence-corrected chi connectivity index (χ2v) is 7.09. The molecule has 1 aliphatic rings. The van der Waals surface area contributed by atoms with E-state index in [0.717, 1.165) is 5.56 Å². The molecule has 3 rings (SSSR count). The lowest BCUT2D eigenvalue weighted by atomic mass is 10.1. The zero-order chi connectivity index (χ0) is 21.8. The lowest BCUT2D eigenvalue weighted by Crippen LogP contribution is -2.56.